The van der Waals surface area contributed by atoms with Gasteiger partial charge in [0.25, 0.3) is 0 Å². The van der Waals surface area contributed by atoms with Gasteiger partial charge in [-0.05, 0) is 47.5 Å². The molecule has 1 aromatic heterocycles. The van der Waals surface area contributed by atoms with Crippen LogP contribution < -0.4 is 0 Å². The first-order valence-corrected chi connectivity index (χ1v) is 10.8. The van der Waals surface area contributed by atoms with Crippen molar-refractivity contribution in [1.29, 1.82) is 0 Å². The monoisotopic (exact) mass is 421 g/mol. The standard InChI is InChI=1S/C23H20FN3O2S/c24-21-8-4-9-23(16-21)30(28,29)26(17-19-6-2-1-3-7-19)18-20-10-12-22(13-11-20)27-15-5-14-25-27/h1-16H,17-18H2. The summed E-state index contributed by atoms with van der Waals surface area (Å²) >= 11 is 0. The number of benzene rings is 3. The van der Waals surface area contributed by atoms with Crippen LogP contribution in [-0.4, -0.2) is 22.5 Å². The van der Waals surface area contributed by atoms with Crippen LogP contribution in [0.2, 0.25) is 0 Å². The van der Waals surface area contributed by atoms with Crippen LogP contribution in [0.25, 0.3) is 5.69 Å². The summed E-state index contributed by atoms with van der Waals surface area (Å²) in [5, 5.41) is 4.19. The van der Waals surface area contributed by atoms with Crippen LogP contribution in [0.15, 0.2) is 102 Å². The molecule has 4 rings (SSSR count). The van der Waals surface area contributed by atoms with Gasteiger partial charge in [-0.3, -0.25) is 0 Å². The topological polar surface area (TPSA) is 55.2 Å². The molecule has 0 amide bonds. The third kappa shape index (κ3) is 4.48. The minimum absolute atomic E-state index is 0.0633. The van der Waals surface area contributed by atoms with Crippen LogP contribution >= 0.6 is 0 Å². The number of nitrogens with zero attached hydrogens (tertiary/aromatic N) is 3. The van der Waals surface area contributed by atoms with Crippen LogP contribution in [0, 0.1) is 5.82 Å². The molecule has 4 aromatic rings. The third-order valence-corrected chi connectivity index (χ3v) is 6.49. The van der Waals surface area contributed by atoms with Crippen molar-refractivity contribution in [2.24, 2.45) is 0 Å². The van der Waals surface area contributed by atoms with Crippen LogP contribution in [0.1, 0.15) is 11.1 Å². The van der Waals surface area contributed by atoms with E-state index in [0.29, 0.717) is 0 Å². The summed E-state index contributed by atoms with van der Waals surface area (Å²) in [5.41, 5.74) is 2.55. The molecule has 1 heterocycles. The molecule has 0 spiro atoms. The SMILES string of the molecule is O=S(=O)(c1cccc(F)c1)N(Cc1ccccc1)Cc1ccc(-n2cccn2)cc1. The summed E-state index contributed by atoms with van der Waals surface area (Å²) in [6.45, 7) is 0.341. The Balaban J connectivity index is 1.65. The molecule has 7 heteroatoms. The number of aromatic nitrogens is 2. The molecule has 152 valence electrons. The average molecular weight is 421 g/mol. The zero-order valence-electron chi connectivity index (χ0n) is 16.1. The zero-order valence-corrected chi connectivity index (χ0v) is 16.9. The zero-order chi connectivity index (χ0) is 21.0. The van der Waals surface area contributed by atoms with E-state index >= 15 is 0 Å². The summed E-state index contributed by atoms with van der Waals surface area (Å²) in [6, 6.07) is 23.8. The van der Waals surface area contributed by atoms with Crippen LogP contribution in [0.3, 0.4) is 0 Å². The molecule has 0 saturated carbocycles. The summed E-state index contributed by atoms with van der Waals surface area (Å²) in [6.07, 6.45) is 3.53. The first-order chi connectivity index (χ1) is 14.5. The van der Waals surface area contributed by atoms with E-state index in [-0.39, 0.29) is 18.0 Å². The molecule has 0 fully saturated rings. The summed E-state index contributed by atoms with van der Waals surface area (Å²) in [7, 11) is -3.90. The first kappa shape index (κ1) is 20.0. The fraction of sp³-hybridized carbons (Fsp3) is 0.0870. The van der Waals surface area contributed by atoms with Gasteiger partial charge in [-0.15, -0.1) is 0 Å². The van der Waals surface area contributed by atoms with Gasteiger partial charge in [-0.2, -0.15) is 9.40 Å². The molecule has 0 aliphatic rings. The molecule has 3 aromatic carbocycles. The normalized spacial score (nSPS) is 11.7. The Kier molecular flexibility index (Phi) is 5.74. The van der Waals surface area contributed by atoms with Crippen molar-refractivity contribution in [2.45, 2.75) is 18.0 Å². The van der Waals surface area contributed by atoms with E-state index in [1.54, 1.807) is 10.9 Å². The van der Waals surface area contributed by atoms with Crippen LogP contribution in [0.4, 0.5) is 4.39 Å². The van der Waals surface area contributed by atoms with Gasteiger partial charge in [-0.25, -0.2) is 17.5 Å². The average Bonchev–Trinajstić information content (AvgIpc) is 3.29. The van der Waals surface area contributed by atoms with Crippen molar-refractivity contribution in [3.8, 4) is 5.69 Å². The highest BCUT2D eigenvalue weighted by Crippen LogP contribution is 2.22. The van der Waals surface area contributed by atoms with Crippen molar-refractivity contribution in [3.63, 3.8) is 0 Å². The van der Waals surface area contributed by atoms with Crippen molar-refractivity contribution >= 4 is 10.0 Å². The fourth-order valence-corrected chi connectivity index (χ4v) is 4.62. The molecule has 0 unspecified atom stereocenters. The first-order valence-electron chi connectivity index (χ1n) is 9.41. The molecular formula is C23H20FN3O2S. The lowest BCUT2D eigenvalue weighted by molar-refractivity contribution is 0.400. The van der Waals surface area contributed by atoms with E-state index in [1.165, 1.54) is 22.5 Å². The van der Waals surface area contributed by atoms with Crippen LogP contribution in [-0.2, 0) is 23.1 Å². The highest BCUT2D eigenvalue weighted by molar-refractivity contribution is 7.89. The molecule has 0 radical (unpaired) electrons. The second-order valence-electron chi connectivity index (χ2n) is 6.83. The van der Waals surface area contributed by atoms with Crippen molar-refractivity contribution < 1.29 is 12.8 Å². The van der Waals surface area contributed by atoms with Crippen molar-refractivity contribution in [1.82, 2.24) is 14.1 Å². The van der Waals surface area contributed by atoms with E-state index < -0.39 is 15.8 Å². The fourth-order valence-electron chi connectivity index (χ4n) is 3.17. The Morgan fingerprint density at radius 3 is 2.17 bits per heavy atom. The number of hydrogen-bond acceptors (Lipinski definition) is 3. The molecular weight excluding hydrogens is 401 g/mol. The Bertz CT molecular complexity index is 1210. The minimum Gasteiger partial charge on any atom is -0.241 e. The number of hydrogen-bond donors (Lipinski definition) is 0. The van der Waals surface area contributed by atoms with Gasteiger partial charge in [0.05, 0.1) is 10.6 Å². The van der Waals surface area contributed by atoms with Crippen molar-refractivity contribution in [3.05, 3.63) is 114 Å². The predicted molar refractivity (Wildman–Crippen MR) is 113 cm³/mol. The lowest BCUT2D eigenvalue weighted by Crippen LogP contribution is -2.30. The summed E-state index contributed by atoms with van der Waals surface area (Å²) in [4.78, 5) is -0.0633. The number of sulfonamides is 1. The van der Waals surface area contributed by atoms with Gasteiger partial charge < -0.3 is 0 Å². The van der Waals surface area contributed by atoms with Gasteiger partial charge in [0.2, 0.25) is 10.0 Å². The minimum atomic E-state index is -3.90. The Hall–Kier alpha value is -3.29. The molecule has 0 N–H and O–H groups in total. The molecule has 30 heavy (non-hydrogen) atoms. The molecule has 5 nitrogen and oxygen atoms in total. The quantitative estimate of drug-likeness (QED) is 0.444. The highest BCUT2D eigenvalue weighted by atomic mass is 32.2. The van der Waals surface area contributed by atoms with Gasteiger partial charge in [-0.1, -0.05) is 48.5 Å². The van der Waals surface area contributed by atoms with Crippen LogP contribution in [0.5, 0.6) is 0 Å². The Morgan fingerprint density at radius 2 is 1.53 bits per heavy atom. The Morgan fingerprint density at radius 1 is 0.833 bits per heavy atom. The second kappa shape index (κ2) is 8.61. The van der Waals surface area contributed by atoms with E-state index in [0.717, 1.165) is 22.9 Å². The van der Waals surface area contributed by atoms with E-state index in [4.69, 9.17) is 0 Å². The van der Waals surface area contributed by atoms with Gasteiger partial charge in [0, 0.05) is 25.5 Å². The van der Waals surface area contributed by atoms with Gasteiger partial charge in [0.1, 0.15) is 5.82 Å². The maximum Gasteiger partial charge on any atom is 0.243 e. The Labute approximate surface area is 175 Å². The maximum atomic E-state index is 13.7. The molecule has 0 saturated heterocycles. The lowest BCUT2D eigenvalue weighted by Gasteiger charge is -2.23. The molecule has 0 bridgehead atoms. The predicted octanol–water partition coefficient (Wildman–Crippen LogP) is 4.40. The summed E-state index contributed by atoms with van der Waals surface area (Å²) < 4.78 is 43.4. The molecule has 0 atom stereocenters. The summed E-state index contributed by atoms with van der Waals surface area (Å²) in [5.74, 6) is -0.584. The van der Waals surface area contributed by atoms with E-state index in [9.17, 15) is 12.8 Å². The second-order valence-corrected chi connectivity index (χ2v) is 8.77. The number of rotatable bonds is 7. The smallest absolute Gasteiger partial charge is 0.241 e. The number of halogens is 1. The van der Waals surface area contributed by atoms with Gasteiger partial charge in [0.15, 0.2) is 0 Å². The largest absolute Gasteiger partial charge is 0.243 e. The molecule has 0 aliphatic heterocycles. The van der Waals surface area contributed by atoms with E-state index in [2.05, 4.69) is 5.10 Å². The highest BCUT2D eigenvalue weighted by Gasteiger charge is 2.25. The third-order valence-electron chi connectivity index (χ3n) is 4.70. The van der Waals surface area contributed by atoms with Crippen molar-refractivity contribution in [2.75, 3.05) is 0 Å². The van der Waals surface area contributed by atoms with E-state index in [1.807, 2.05) is 66.9 Å². The molecule has 0 aliphatic carbocycles. The lowest BCUT2D eigenvalue weighted by atomic mass is 10.2. The maximum absolute atomic E-state index is 13.7. The van der Waals surface area contributed by atoms with Gasteiger partial charge >= 0.3 is 0 Å².